The summed E-state index contributed by atoms with van der Waals surface area (Å²) < 4.78 is 26.8. The molecular weight excluding hydrogens is 474 g/mol. The van der Waals surface area contributed by atoms with Crippen molar-refractivity contribution in [2.75, 3.05) is 11.9 Å². The zero-order valence-corrected chi connectivity index (χ0v) is 20.3. The highest BCUT2D eigenvalue weighted by atomic mass is 32.1. The summed E-state index contributed by atoms with van der Waals surface area (Å²) in [5, 5.41) is 12.7. The molecule has 0 saturated carbocycles. The Hall–Kier alpha value is -3.59. The number of rotatable bonds is 4. The van der Waals surface area contributed by atoms with Crippen molar-refractivity contribution in [1.82, 2.24) is 4.90 Å². The molecule has 2 aromatic carbocycles. The number of carboxylic acid groups (broad SMARTS) is 1. The maximum Gasteiger partial charge on any atom is 0.339 e. The van der Waals surface area contributed by atoms with Crippen LogP contribution in [0.5, 0.6) is 0 Å². The van der Waals surface area contributed by atoms with Crippen LogP contribution < -0.4 is 5.32 Å². The van der Waals surface area contributed by atoms with Gasteiger partial charge in [0.25, 0.3) is 11.8 Å². The second-order valence-corrected chi connectivity index (χ2v) is 10.5. The molecule has 9 heteroatoms. The van der Waals surface area contributed by atoms with E-state index in [4.69, 9.17) is 0 Å². The number of benzene rings is 2. The number of carbonyl (C=O) groups excluding carboxylic acids is 2. The highest BCUT2D eigenvalue weighted by Gasteiger charge is 2.31. The molecule has 0 fully saturated rings. The third-order valence-corrected chi connectivity index (χ3v) is 7.10. The van der Waals surface area contributed by atoms with E-state index in [-0.39, 0.29) is 41.1 Å². The Balaban J connectivity index is 1.57. The number of carbonyl (C=O) groups is 3. The fraction of sp³-hybridized carbons (Fsp3) is 0.269. The molecule has 3 aromatic rings. The summed E-state index contributed by atoms with van der Waals surface area (Å²) in [6, 6.07) is 10.1. The normalized spacial score (nSPS) is 13.3. The van der Waals surface area contributed by atoms with Crippen molar-refractivity contribution in [3.8, 4) is 0 Å². The van der Waals surface area contributed by atoms with Crippen molar-refractivity contribution in [3.05, 3.63) is 86.8 Å². The highest BCUT2D eigenvalue weighted by Crippen LogP contribution is 2.38. The van der Waals surface area contributed by atoms with E-state index in [1.807, 2.05) is 12.1 Å². The molecule has 182 valence electrons. The number of amides is 2. The third-order valence-electron chi connectivity index (χ3n) is 5.96. The molecule has 4 rings (SSSR count). The van der Waals surface area contributed by atoms with Gasteiger partial charge in [-0.05, 0) is 53.3 Å². The van der Waals surface area contributed by atoms with E-state index in [2.05, 4.69) is 26.1 Å². The number of hydrogen-bond acceptors (Lipinski definition) is 4. The molecule has 0 aliphatic carbocycles. The van der Waals surface area contributed by atoms with Crippen LogP contribution in [0.4, 0.5) is 13.8 Å². The van der Waals surface area contributed by atoms with Crippen molar-refractivity contribution in [1.29, 1.82) is 0 Å². The second kappa shape index (κ2) is 9.22. The molecule has 0 spiro atoms. The molecule has 0 atom stereocenters. The maximum absolute atomic E-state index is 13.6. The monoisotopic (exact) mass is 498 g/mol. The summed E-state index contributed by atoms with van der Waals surface area (Å²) >= 11 is 1.10. The van der Waals surface area contributed by atoms with Crippen LogP contribution in [0.1, 0.15) is 67.8 Å². The predicted molar refractivity (Wildman–Crippen MR) is 129 cm³/mol. The minimum atomic E-state index is -1.17. The van der Waals surface area contributed by atoms with Crippen LogP contribution in [0.2, 0.25) is 0 Å². The number of nitrogens with one attached hydrogen (secondary N) is 1. The number of nitrogens with zero attached hydrogens (tertiary/aromatic N) is 1. The molecule has 1 aliphatic heterocycles. The van der Waals surface area contributed by atoms with Gasteiger partial charge in [-0.25, -0.2) is 13.6 Å². The van der Waals surface area contributed by atoms with Crippen molar-refractivity contribution in [3.63, 3.8) is 0 Å². The van der Waals surface area contributed by atoms with Crippen molar-refractivity contribution in [2.45, 2.75) is 39.2 Å². The van der Waals surface area contributed by atoms with Gasteiger partial charge < -0.3 is 15.3 Å². The van der Waals surface area contributed by atoms with Crippen molar-refractivity contribution < 1.29 is 28.3 Å². The maximum atomic E-state index is 13.6. The van der Waals surface area contributed by atoms with Crippen LogP contribution in [0, 0.1) is 11.6 Å². The lowest BCUT2D eigenvalue weighted by molar-refractivity contribution is 0.0696. The fourth-order valence-electron chi connectivity index (χ4n) is 4.00. The Bertz CT molecular complexity index is 1330. The summed E-state index contributed by atoms with van der Waals surface area (Å²) in [6.07, 6.45) is 0.263. The fourth-order valence-corrected chi connectivity index (χ4v) is 5.25. The van der Waals surface area contributed by atoms with Gasteiger partial charge in [0.05, 0.1) is 12.1 Å². The molecule has 2 heterocycles. The first-order valence-electron chi connectivity index (χ1n) is 11.0. The van der Waals surface area contributed by atoms with Gasteiger partial charge in [-0.3, -0.25) is 9.59 Å². The summed E-state index contributed by atoms with van der Waals surface area (Å²) in [5.41, 5.74) is 1.99. The Kier molecular flexibility index (Phi) is 6.46. The SMILES string of the molecule is CC(C)(C)c1ccc(C(=O)Nc2sc3c(c2C(=O)O)CCN(C(=O)c2ccc(F)c(F)c2)C3)cc1. The number of fused-ring (bicyclic) bond motifs is 1. The van der Waals surface area contributed by atoms with Crippen LogP contribution in [-0.2, 0) is 18.4 Å². The molecular formula is C26H24F2N2O4S. The summed E-state index contributed by atoms with van der Waals surface area (Å²) in [7, 11) is 0. The standard InChI is InChI=1S/C26H24F2N2O4S/c1-26(2,3)16-7-4-14(5-8-16)22(31)29-23-21(25(33)34)17-10-11-30(13-20(17)35-23)24(32)15-6-9-18(27)19(28)12-15/h4-9,12H,10-11,13H2,1-3H3,(H,29,31)(H,33,34). The van der Waals surface area contributed by atoms with E-state index >= 15 is 0 Å². The number of carboxylic acids is 1. The lowest BCUT2D eigenvalue weighted by Crippen LogP contribution is -2.35. The Morgan fingerprint density at radius 2 is 1.66 bits per heavy atom. The van der Waals surface area contributed by atoms with Crippen LogP contribution in [-0.4, -0.2) is 34.3 Å². The molecule has 2 N–H and O–H groups in total. The molecule has 0 radical (unpaired) electrons. The van der Waals surface area contributed by atoms with Crippen LogP contribution >= 0.6 is 11.3 Å². The van der Waals surface area contributed by atoms with Crippen LogP contribution in [0.3, 0.4) is 0 Å². The van der Waals surface area contributed by atoms with Gasteiger partial charge >= 0.3 is 5.97 Å². The highest BCUT2D eigenvalue weighted by molar-refractivity contribution is 7.17. The Labute approximate surface area is 205 Å². The predicted octanol–water partition coefficient (Wildman–Crippen LogP) is 5.47. The first kappa shape index (κ1) is 24.5. The molecule has 1 aromatic heterocycles. The molecule has 1 aliphatic rings. The molecule has 6 nitrogen and oxygen atoms in total. The largest absolute Gasteiger partial charge is 0.478 e. The zero-order valence-electron chi connectivity index (χ0n) is 19.4. The minimum absolute atomic E-state index is 0.00888. The number of thiophene rings is 1. The van der Waals surface area contributed by atoms with Gasteiger partial charge in [0.1, 0.15) is 5.00 Å². The van der Waals surface area contributed by atoms with E-state index < -0.39 is 29.4 Å². The number of halogens is 2. The van der Waals surface area contributed by atoms with Gasteiger partial charge in [-0.15, -0.1) is 11.3 Å². The molecule has 35 heavy (non-hydrogen) atoms. The first-order valence-corrected chi connectivity index (χ1v) is 11.8. The molecule has 2 amide bonds. The Morgan fingerprint density at radius 1 is 1.00 bits per heavy atom. The van der Waals surface area contributed by atoms with Crippen molar-refractivity contribution >= 4 is 34.1 Å². The zero-order chi connectivity index (χ0) is 25.5. The van der Waals surface area contributed by atoms with E-state index in [9.17, 15) is 28.3 Å². The summed E-state index contributed by atoms with van der Waals surface area (Å²) in [4.78, 5) is 39.8. The van der Waals surface area contributed by atoms with E-state index in [0.717, 1.165) is 29.0 Å². The van der Waals surface area contributed by atoms with E-state index in [1.165, 1.54) is 11.0 Å². The molecule has 0 unspecified atom stereocenters. The first-order chi connectivity index (χ1) is 16.5. The van der Waals surface area contributed by atoms with Gasteiger partial charge in [0.15, 0.2) is 11.6 Å². The average molecular weight is 499 g/mol. The van der Waals surface area contributed by atoms with E-state index in [0.29, 0.717) is 16.0 Å². The van der Waals surface area contributed by atoms with Gasteiger partial charge in [-0.1, -0.05) is 32.9 Å². The smallest absolute Gasteiger partial charge is 0.339 e. The summed E-state index contributed by atoms with van der Waals surface area (Å²) in [6.45, 7) is 6.52. The quantitative estimate of drug-likeness (QED) is 0.499. The van der Waals surface area contributed by atoms with Gasteiger partial charge in [-0.2, -0.15) is 0 Å². The number of hydrogen-bond donors (Lipinski definition) is 2. The molecule has 0 bridgehead atoms. The minimum Gasteiger partial charge on any atom is -0.478 e. The number of anilines is 1. The Morgan fingerprint density at radius 3 is 2.26 bits per heavy atom. The lowest BCUT2D eigenvalue weighted by Gasteiger charge is -2.27. The average Bonchev–Trinajstić information content (AvgIpc) is 3.17. The van der Waals surface area contributed by atoms with E-state index in [1.54, 1.807) is 12.1 Å². The second-order valence-electron chi connectivity index (χ2n) is 9.40. The topological polar surface area (TPSA) is 86.7 Å². The number of aromatic carboxylic acids is 1. The lowest BCUT2D eigenvalue weighted by atomic mass is 9.87. The van der Waals surface area contributed by atoms with Gasteiger partial charge in [0, 0.05) is 22.5 Å². The summed E-state index contributed by atoms with van der Waals surface area (Å²) in [5.74, 6) is -4.23. The van der Waals surface area contributed by atoms with Gasteiger partial charge in [0.2, 0.25) is 0 Å². The van der Waals surface area contributed by atoms with Crippen LogP contribution in [0.25, 0.3) is 0 Å². The van der Waals surface area contributed by atoms with Crippen LogP contribution in [0.15, 0.2) is 42.5 Å². The molecule has 0 saturated heterocycles. The third kappa shape index (κ3) is 4.95. The van der Waals surface area contributed by atoms with Crippen molar-refractivity contribution in [2.24, 2.45) is 0 Å².